The van der Waals surface area contributed by atoms with Gasteiger partial charge in [0.1, 0.15) is 5.75 Å². The number of nitrogens with zero attached hydrogens (tertiary/aromatic N) is 1. The number of methoxy groups -OCH3 is 1. The molecule has 1 saturated heterocycles. The van der Waals surface area contributed by atoms with E-state index in [4.69, 9.17) is 15.2 Å². The summed E-state index contributed by atoms with van der Waals surface area (Å²) in [7, 11) is 1.65. The predicted octanol–water partition coefficient (Wildman–Crippen LogP) is 3.84. The van der Waals surface area contributed by atoms with Crippen LogP contribution in [-0.4, -0.2) is 37.2 Å². The normalized spacial score (nSPS) is 15.7. The van der Waals surface area contributed by atoms with Crippen molar-refractivity contribution in [2.75, 3.05) is 26.0 Å². The van der Waals surface area contributed by atoms with Gasteiger partial charge in [-0.15, -0.1) is 12.4 Å². The molecule has 0 radical (unpaired) electrons. The molecule has 1 aliphatic heterocycles. The van der Waals surface area contributed by atoms with Crippen molar-refractivity contribution < 1.29 is 14.3 Å². The van der Waals surface area contributed by atoms with E-state index >= 15 is 0 Å². The molecule has 1 unspecified atom stereocenters. The minimum atomic E-state index is 0. The van der Waals surface area contributed by atoms with Crippen molar-refractivity contribution in [2.24, 2.45) is 0 Å². The topological polar surface area (TPSA) is 64.8 Å². The lowest BCUT2D eigenvalue weighted by molar-refractivity contribution is -0.133. The largest absolute Gasteiger partial charge is 0.497 e. The van der Waals surface area contributed by atoms with Crippen LogP contribution in [0.4, 0.5) is 5.69 Å². The molecule has 1 aliphatic rings. The molecule has 6 heteroatoms. The second-order valence-electron chi connectivity index (χ2n) is 6.96. The fourth-order valence-electron chi connectivity index (χ4n) is 3.44. The lowest BCUT2D eigenvalue weighted by Gasteiger charge is -2.26. The average Bonchev–Trinajstić information content (AvgIpc) is 3.20. The van der Waals surface area contributed by atoms with Gasteiger partial charge in [-0.05, 0) is 48.6 Å². The molecular formula is C22H29ClN2O3. The van der Waals surface area contributed by atoms with Gasteiger partial charge in [0.2, 0.25) is 5.91 Å². The molecule has 2 N–H and O–H groups in total. The molecule has 2 aromatic rings. The molecule has 1 atom stereocenters. The number of aryl methyl sites for hydroxylation is 1. The molecule has 0 saturated carbocycles. The van der Waals surface area contributed by atoms with E-state index in [0.717, 1.165) is 42.0 Å². The summed E-state index contributed by atoms with van der Waals surface area (Å²) in [4.78, 5) is 14.9. The number of halogens is 1. The smallest absolute Gasteiger partial charge is 0.223 e. The molecule has 2 aromatic carbocycles. The van der Waals surface area contributed by atoms with E-state index in [-0.39, 0.29) is 24.4 Å². The molecule has 3 rings (SSSR count). The maximum absolute atomic E-state index is 13.0. The van der Waals surface area contributed by atoms with Crippen LogP contribution in [0.3, 0.4) is 0 Å². The Morgan fingerprint density at radius 3 is 2.79 bits per heavy atom. The first-order valence-corrected chi connectivity index (χ1v) is 9.51. The zero-order valence-corrected chi connectivity index (χ0v) is 17.1. The first-order chi connectivity index (χ1) is 13.2. The first-order valence-electron chi connectivity index (χ1n) is 9.51. The Bertz CT molecular complexity index is 763. The average molecular weight is 405 g/mol. The van der Waals surface area contributed by atoms with E-state index in [0.29, 0.717) is 25.9 Å². The van der Waals surface area contributed by atoms with Crippen molar-refractivity contribution in [1.29, 1.82) is 0 Å². The van der Waals surface area contributed by atoms with E-state index in [1.165, 1.54) is 0 Å². The van der Waals surface area contributed by atoms with Crippen molar-refractivity contribution >= 4 is 24.0 Å². The van der Waals surface area contributed by atoms with Crippen LogP contribution in [0.2, 0.25) is 0 Å². The third kappa shape index (κ3) is 6.14. The summed E-state index contributed by atoms with van der Waals surface area (Å²) >= 11 is 0. The Kier molecular flexibility index (Phi) is 8.61. The Labute approximate surface area is 173 Å². The van der Waals surface area contributed by atoms with Gasteiger partial charge in [-0.1, -0.05) is 30.3 Å². The van der Waals surface area contributed by atoms with Gasteiger partial charge in [0.05, 0.1) is 13.2 Å². The third-order valence-corrected chi connectivity index (χ3v) is 4.97. The number of nitrogens with two attached hydrogens (primary N) is 1. The van der Waals surface area contributed by atoms with Crippen LogP contribution in [0.25, 0.3) is 0 Å². The molecule has 152 valence electrons. The number of carbonyl (C=O) groups excluding carboxylic acids is 1. The van der Waals surface area contributed by atoms with Crippen LogP contribution >= 0.6 is 12.4 Å². The number of carbonyl (C=O) groups is 1. The SMILES string of the molecule is COc1cccc(CN(CC2CCCO2)C(=O)CCc2ccccc2N)c1.Cl. The number of hydrogen-bond acceptors (Lipinski definition) is 4. The standard InChI is InChI=1S/C22H28N2O3.ClH/c1-26-19-8-4-6-17(14-19)15-24(16-20-9-5-13-27-20)22(25)12-11-18-7-2-3-10-21(18)23;/h2-4,6-8,10,14,20H,5,9,11-13,15-16,23H2,1H3;1H. The van der Waals surface area contributed by atoms with Crippen molar-refractivity contribution in [2.45, 2.75) is 38.3 Å². The fourth-order valence-corrected chi connectivity index (χ4v) is 3.44. The Morgan fingerprint density at radius 1 is 1.25 bits per heavy atom. The zero-order valence-electron chi connectivity index (χ0n) is 16.3. The maximum atomic E-state index is 13.0. The van der Waals surface area contributed by atoms with Gasteiger partial charge in [0.15, 0.2) is 0 Å². The summed E-state index contributed by atoms with van der Waals surface area (Å²) in [6, 6.07) is 15.6. The summed E-state index contributed by atoms with van der Waals surface area (Å²) in [6.45, 7) is 1.97. The monoisotopic (exact) mass is 404 g/mol. The highest BCUT2D eigenvalue weighted by Gasteiger charge is 2.23. The molecule has 5 nitrogen and oxygen atoms in total. The van der Waals surface area contributed by atoms with Crippen LogP contribution in [0.5, 0.6) is 5.75 Å². The van der Waals surface area contributed by atoms with E-state index < -0.39 is 0 Å². The molecular weight excluding hydrogens is 376 g/mol. The van der Waals surface area contributed by atoms with Crippen molar-refractivity contribution in [3.8, 4) is 5.75 Å². The maximum Gasteiger partial charge on any atom is 0.223 e. The van der Waals surface area contributed by atoms with Crippen molar-refractivity contribution in [1.82, 2.24) is 4.90 Å². The molecule has 0 aliphatic carbocycles. The van der Waals surface area contributed by atoms with Gasteiger partial charge in [-0.2, -0.15) is 0 Å². The molecule has 0 spiro atoms. The van der Waals surface area contributed by atoms with Crippen LogP contribution in [-0.2, 0) is 22.5 Å². The third-order valence-electron chi connectivity index (χ3n) is 4.97. The second-order valence-corrected chi connectivity index (χ2v) is 6.96. The summed E-state index contributed by atoms with van der Waals surface area (Å²) in [5, 5.41) is 0. The number of para-hydroxylation sites is 1. The van der Waals surface area contributed by atoms with Gasteiger partial charge < -0.3 is 20.1 Å². The van der Waals surface area contributed by atoms with E-state index in [9.17, 15) is 4.79 Å². The van der Waals surface area contributed by atoms with Gasteiger partial charge in [0, 0.05) is 31.8 Å². The molecule has 1 heterocycles. The Hall–Kier alpha value is -2.24. The quantitative estimate of drug-likeness (QED) is 0.679. The Balaban J connectivity index is 0.00000280. The number of anilines is 1. The summed E-state index contributed by atoms with van der Waals surface area (Å²) < 4.78 is 11.1. The zero-order chi connectivity index (χ0) is 19.1. The number of ether oxygens (including phenoxy) is 2. The molecule has 0 aromatic heterocycles. The van der Waals surface area contributed by atoms with E-state index in [2.05, 4.69) is 0 Å². The van der Waals surface area contributed by atoms with Crippen LogP contribution in [0.1, 0.15) is 30.4 Å². The van der Waals surface area contributed by atoms with Gasteiger partial charge in [-0.25, -0.2) is 0 Å². The number of benzene rings is 2. The summed E-state index contributed by atoms with van der Waals surface area (Å²) in [5.74, 6) is 0.922. The van der Waals surface area contributed by atoms with Gasteiger partial charge in [-0.3, -0.25) is 4.79 Å². The van der Waals surface area contributed by atoms with Crippen LogP contribution in [0.15, 0.2) is 48.5 Å². The lowest BCUT2D eigenvalue weighted by atomic mass is 10.1. The Morgan fingerprint density at radius 2 is 2.07 bits per heavy atom. The molecule has 1 fully saturated rings. The highest BCUT2D eigenvalue weighted by atomic mass is 35.5. The van der Waals surface area contributed by atoms with E-state index in [1.807, 2.05) is 53.4 Å². The van der Waals surface area contributed by atoms with Crippen LogP contribution in [0, 0.1) is 0 Å². The lowest BCUT2D eigenvalue weighted by Crippen LogP contribution is -2.37. The van der Waals surface area contributed by atoms with Crippen LogP contribution < -0.4 is 10.5 Å². The predicted molar refractivity (Wildman–Crippen MR) is 114 cm³/mol. The number of rotatable bonds is 8. The first kappa shape index (κ1) is 22.1. The number of hydrogen-bond donors (Lipinski definition) is 1. The second kappa shape index (κ2) is 10.9. The highest BCUT2D eigenvalue weighted by Crippen LogP contribution is 2.20. The highest BCUT2D eigenvalue weighted by molar-refractivity contribution is 5.85. The molecule has 28 heavy (non-hydrogen) atoms. The van der Waals surface area contributed by atoms with Crippen molar-refractivity contribution in [3.63, 3.8) is 0 Å². The van der Waals surface area contributed by atoms with Crippen molar-refractivity contribution in [3.05, 3.63) is 59.7 Å². The molecule has 1 amide bonds. The number of nitrogen functional groups attached to an aromatic ring is 1. The summed E-state index contributed by atoms with van der Waals surface area (Å²) in [5.41, 5.74) is 8.82. The minimum Gasteiger partial charge on any atom is -0.497 e. The van der Waals surface area contributed by atoms with Gasteiger partial charge in [0.25, 0.3) is 0 Å². The number of amides is 1. The van der Waals surface area contributed by atoms with E-state index in [1.54, 1.807) is 7.11 Å². The fraction of sp³-hybridized carbons (Fsp3) is 0.409. The van der Waals surface area contributed by atoms with Gasteiger partial charge >= 0.3 is 0 Å². The minimum absolute atomic E-state index is 0. The summed E-state index contributed by atoms with van der Waals surface area (Å²) in [6.07, 6.45) is 3.28. The molecule has 0 bridgehead atoms.